The van der Waals surface area contributed by atoms with Crippen LogP contribution in [0.15, 0.2) is 75.8 Å². The summed E-state index contributed by atoms with van der Waals surface area (Å²) in [5, 5.41) is 25.0. The van der Waals surface area contributed by atoms with Crippen LogP contribution in [0.1, 0.15) is 22.8 Å². The van der Waals surface area contributed by atoms with Crippen LogP contribution in [0.2, 0.25) is 10.0 Å². The van der Waals surface area contributed by atoms with Crippen molar-refractivity contribution in [1.82, 2.24) is 0 Å². The van der Waals surface area contributed by atoms with Crippen LogP contribution in [0.3, 0.4) is 0 Å². The molecule has 0 heterocycles. The van der Waals surface area contributed by atoms with E-state index in [9.17, 15) is 22.9 Å². The smallest absolute Gasteiger partial charge is 0.870 e. The monoisotopic (exact) mass is 595 g/mol. The van der Waals surface area contributed by atoms with Crippen LogP contribution in [0, 0.1) is 6.92 Å². The van der Waals surface area contributed by atoms with Crippen molar-refractivity contribution in [2.75, 3.05) is 11.9 Å². The summed E-state index contributed by atoms with van der Waals surface area (Å²) in [6.45, 7) is 3.83. The summed E-state index contributed by atoms with van der Waals surface area (Å²) < 4.78 is 38.2. The number of halogens is 2. The molecule has 0 saturated heterocycles. The third-order valence-electron chi connectivity index (χ3n) is 5.53. The van der Waals surface area contributed by atoms with Crippen LogP contribution in [-0.4, -0.2) is 25.5 Å². The molecule has 0 aliphatic rings. The number of nitrogens with one attached hydrogen (secondary N) is 1. The minimum atomic E-state index is -4.62. The Hall–Kier alpha value is -2.70. The topological polar surface area (TPSA) is 140 Å². The van der Waals surface area contributed by atoms with Crippen LogP contribution in [0.25, 0.3) is 10.8 Å². The van der Waals surface area contributed by atoms with Gasteiger partial charge in [-0.15, -0.1) is 5.11 Å². The van der Waals surface area contributed by atoms with Gasteiger partial charge in [-0.3, -0.25) is 9.35 Å². The van der Waals surface area contributed by atoms with E-state index in [1.165, 1.54) is 12.1 Å². The summed E-state index contributed by atoms with van der Waals surface area (Å²) in [6, 6.07) is 15.5. The van der Waals surface area contributed by atoms with E-state index in [1.54, 1.807) is 49.4 Å². The Morgan fingerprint density at radius 1 is 1.05 bits per heavy atom. The summed E-state index contributed by atoms with van der Waals surface area (Å²) in [4.78, 5) is 12.6. The maximum atomic E-state index is 13.4. The predicted molar refractivity (Wildman–Crippen MR) is 144 cm³/mol. The van der Waals surface area contributed by atoms with Crippen LogP contribution in [-0.2, 0) is 10.1 Å². The van der Waals surface area contributed by atoms with Crippen molar-refractivity contribution >= 4 is 67.1 Å². The van der Waals surface area contributed by atoms with Gasteiger partial charge in [0, 0.05) is 17.0 Å². The molecule has 0 fully saturated rings. The van der Waals surface area contributed by atoms with E-state index in [2.05, 4.69) is 15.5 Å². The number of benzene rings is 4. The predicted octanol–water partition coefficient (Wildman–Crippen LogP) is 3.85. The number of ether oxygens (including phenoxy) is 1. The summed E-state index contributed by atoms with van der Waals surface area (Å²) in [6.07, 6.45) is 0. The van der Waals surface area contributed by atoms with Crippen molar-refractivity contribution < 1.29 is 57.2 Å². The zero-order chi connectivity index (χ0) is 27.6. The molecule has 196 valence electrons. The molecule has 0 atom stereocenters. The van der Waals surface area contributed by atoms with Gasteiger partial charge in [0.1, 0.15) is 16.3 Å². The van der Waals surface area contributed by atoms with Crippen molar-refractivity contribution in [1.29, 1.82) is 0 Å². The Labute approximate surface area is 256 Å². The number of fused-ring (bicyclic) bond motifs is 1. The van der Waals surface area contributed by atoms with Gasteiger partial charge in [0.25, 0.3) is 16.0 Å². The summed E-state index contributed by atoms with van der Waals surface area (Å²) in [5.41, 5.74) is 0.267. The maximum Gasteiger partial charge on any atom is 1.00 e. The molecule has 0 aromatic heterocycles. The Morgan fingerprint density at radius 2 is 1.74 bits per heavy atom. The SMILES string of the molecule is CCOc1ccc(Cl)c(NC(=O)c2cc3ccccc3c(N=Nc3c(C)ccc(S(=O)(=O)O)c3Cl)c2[O-])c1.[Na+]. The first-order valence-electron chi connectivity index (χ1n) is 11.2. The summed E-state index contributed by atoms with van der Waals surface area (Å²) in [5.74, 6) is -0.959. The molecule has 0 bridgehead atoms. The molecule has 9 nitrogen and oxygen atoms in total. The fourth-order valence-electron chi connectivity index (χ4n) is 3.69. The first-order valence-corrected chi connectivity index (χ1v) is 13.4. The van der Waals surface area contributed by atoms with Crippen molar-refractivity contribution in [3.05, 3.63) is 81.8 Å². The molecule has 0 spiro atoms. The second-order valence-electron chi connectivity index (χ2n) is 8.07. The molecule has 13 heteroatoms. The van der Waals surface area contributed by atoms with Crippen LogP contribution < -0.4 is 44.7 Å². The largest absolute Gasteiger partial charge is 1.00 e. The van der Waals surface area contributed by atoms with Gasteiger partial charge < -0.3 is 15.2 Å². The number of hydrogen-bond acceptors (Lipinski definition) is 7. The van der Waals surface area contributed by atoms with Crippen LogP contribution in [0.4, 0.5) is 17.1 Å². The molecule has 2 N–H and O–H groups in total. The number of carbonyl (C=O) groups is 1. The normalized spacial score (nSPS) is 11.4. The molecule has 39 heavy (non-hydrogen) atoms. The van der Waals surface area contributed by atoms with Gasteiger partial charge in [-0.25, -0.2) is 0 Å². The minimum absolute atomic E-state index is 0. The van der Waals surface area contributed by atoms with E-state index >= 15 is 0 Å². The zero-order valence-corrected chi connectivity index (χ0v) is 25.4. The van der Waals surface area contributed by atoms with E-state index in [4.69, 9.17) is 27.9 Å². The third-order valence-corrected chi connectivity index (χ3v) is 7.25. The van der Waals surface area contributed by atoms with Gasteiger partial charge in [-0.1, -0.05) is 59.3 Å². The second-order valence-corrected chi connectivity index (χ2v) is 10.2. The van der Waals surface area contributed by atoms with E-state index in [1.807, 2.05) is 6.92 Å². The molecule has 0 aliphatic carbocycles. The number of amides is 1. The first kappa shape index (κ1) is 30.8. The molecule has 0 aliphatic heterocycles. The van der Waals surface area contributed by atoms with Crippen molar-refractivity contribution in [3.8, 4) is 11.5 Å². The molecule has 4 rings (SSSR count). The number of azo groups is 1. The van der Waals surface area contributed by atoms with E-state index in [-0.39, 0.29) is 62.2 Å². The zero-order valence-electron chi connectivity index (χ0n) is 21.0. The van der Waals surface area contributed by atoms with Gasteiger partial charge in [0.05, 0.1) is 28.0 Å². The maximum absolute atomic E-state index is 13.4. The number of rotatable bonds is 7. The summed E-state index contributed by atoms with van der Waals surface area (Å²) in [7, 11) is -4.62. The van der Waals surface area contributed by atoms with Crippen molar-refractivity contribution in [3.63, 3.8) is 0 Å². The average molecular weight is 596 g/mol. The second kappa shape index (κ2) is 12.6. The molecular weight excluding hydrogens is 576 g/mol. The molecule has 0 unspecified atom stereocenters. The van der Waals surface area contributed by atoms with Crippen LogP contribution >= 0.6 is 23.2 Å². The third kappa shape index (κ3) is 6.72. The molecular formula is C26H20Cl2N3NaO6S. The molecule has 4 aromatic rings. The fourth-order valence-corrected chi connectivity index (χ4v) is 4.96. The Balaban J connectivity index is 0.00000420. The van der Waals surface area contributed by atoms with Gasteiger partial charge in [0.15, 0.2) is 0 Å². The molecule has 0 radical (unpaired) electrons. The Morgan fingerprint density at radius 3 is 2.44 bits per heavy atom. The van der Waals surface area contributed by atoms with Crippen molar-refractivity contribution in [2.45, 2.75) is 18.7 Å². The van der Waals surface area contributed by atoms with Gasteiger partial charge in [-0.2, -0.15) is 13.5 Å². The quantitative estimate of drug-likeness (QED) is 0.189. The number of aryl methyl sites for hydroxylation is 1. The number of anilines is 1. The van der Waals surface area contributed by atoms with Gasteiger partial charge >= 0.3 is 29.6 Å². The molecule has 1 amide bonds. The van der Waals surface area contributed by atoms with Gasteiger partial charge in [-0.05, 0) is 49.1 Å². The van der Waals surface area contributed by atoms with Crippen LogP contribution in [0.5, 0.6) is 11.5 Å². The Kier molecular flexibility index (Phi) is 10.0. The molecule has 4 aromatic carbocycles. The Bertz CT molecular complexity index is 1710. The number of nitrogens with zero attached hydrogens (tertiary/aromatic N) is 2. The van der Waals surface area contributed by atoms with E-state index in [0.717, 1.165) is 6.07 Å². The minimum Gasteiger partial charge on any atom is -0.870 e. The number of hydrogen-bond donors (Lipinski definition) is 2. The van der Waals surface area contributed by atoms with Gasteiger partial charge in [0.2, 0.25) is 0 Å². The summed E-state index contributed by atoms with van der Waals surface area (Å²) >= 11 is 12.4. The first-order chi connectivity index (χ1) is 18.0. The fraction of sp³-hybridized carbons (Fsp3) is 0.115. The number of carbonyl (C=O) groups excluding carboxylic acids is 1. The molecule has 0 saturated carbocycles. The van der Waals surface area contributed by atoms with Crippen molar-refractivity contribution in [2.24, 2.45) is 10.2 Å². The average Bonchev–Trinajstić information content (AvgIpc) is 2.86. The van der Waals surface area contributed by atoms with E-state index in [0.29, 0.717) is 28.7 Å². The van der Waals surface area contributed by atoms with E-state index < -0.39 is 26.7 Å². The standard InChI is InChI=1S/C26H21Cl2N3O6S.Na/c1-3-37-16-9-10-19(27)20(13-16)29-26(33)18-12-15-6-4-5-7-17(15)24(25(18)32)31-30-23-14(2)8-11-21(22(23)28)38(34,35)36;/h4-13,32H,3H2,1-2H3,(H,29,33)(H,34,35,36);/q;+1/p-1.